The third-order valence-corrected chi connectivity index (χ3v) is 6.32. The molecule has 2 N–H and O–H groups in total. The number of pyridine rings is 1. The maximum absolute atomic E-state index is 12.7. The minimum Gasteiger partial charge on any atom is -0.320 e. The van der Waals surface area contributed by atoms with Crippen LogP contribution in [-0.4, -0.2) is 42.3 Å². The Morgan fingerprint density at radius 3 is 2.86 bits per heavy atom. The highest BCUT2D eigenvalue weighted by atomic mass is 32.2. The topological polar surface area (TPSA) is 109 Å². The fraction of sp³-hybridized carbons (Fsp3) is 0.158. The quantitative estimate of drug-likeness (QED) is 0.434. The smallest absolute Gasteiger partial charge is 0.275 e. The van der Waals surface area contributed by atoms with E-state index in [9.17, 15) is 4.79 Å². The number of thiazole rings is 1. The van der Waals surface area contributed by atoms with Gasteiger partial charge in [0.2, 0.25) is 0 Å². The number of carbonyl (C=O) groups is 1. The number of para-hydroxylation sites is 1. The average Bonchev–Trinajstić information content (AvgIpc) is 3.46. The predicted octanol–water partition coefficient (Wildman–Crippen LogP) is 3.87. The summed E-state index contributed by atoms with van der Waals surface area (Å²) < 4.78 is 0. The van der Waals surface area contributed by atoms with Gasteiger partial charge < -0.3 is 5.32 Å². The van der Waals surface area contributed by atoms with Crippen LogP contribution < -0.4 is 5.32 Å². The number of carbonyl (C=O) groups excluding carboxylic acids is 1. The van der Waals surface area contributed by atoms with Gasteiger partial charge in [-0.1, -0.05) is 24.3 Å². The summed E-state index contributed by atoms with van der Waals surface area (Å²) in [6, 6.07) is 11.4. The molecule has 0 aliphatic rings. The number of anilines is 1. The van der Waals surface area contributed by atoms with Crippen LogP contribution in [0.25, 0.3) is 10.6 Å². The van der Waals surface area contributed by atoms with Gasteiger partial charge in [0.15, 0.2) is 5.82 Å². The molecular weight excluding hydrogens is 406 g/mol. The summed E-state index contributed by atoms with van der Waals surface area (Å²) >= 11 is 3.06. The predicted molar refractivity (Wildman–Crippen MR) is 113 cm³/mol. The van der Waals surface area contributed by atoms with Gasteiger partial charge in [-0.3, -0.25) is 9.78 Å². The standard InChI is InChI=1S/C19H17N7OS2/c1-12(17-23-25-26-24-17)10-28-16-5-3-2-4-14(16)21-18(27)15-11-29-19(22-15)13-6-8-20-9-7-13/h2-9,11-12H,10H2,1H3,(H,21,27)(H,23,24,25,26). The summed E-state index contributed by atoms with van der Waals surface area (Å²) in [7, 11) is 0. The van der Waals surface area contributed by atoms with E-state index in [4.69, 9.17) is 0 Å². The Labute approximate surface area is 175 Å². The van der Waals surface area contributed by atoms with Gasteiger partial charge in [-0.25, -0.2) is 4.98 Å². The first-order valence-corrected chi connectivity index (χ1v) is 10.7. The lowest BCUT2D eigenvalue weighted by Gasteiger charge is -2.11. The molecule has 1 amide bonds. The molecule has 1 unspecified atom stereocenters. The highest BCUT2D eigenvalue weighted by molar-refractivity contribution is 7.99. The van der Waals surface area contributed by atoms with Crippen LogP contribution >= 0.6 is 23.1 Å². The van der Waals surface area contributed by atoms with Crippen LogP contribution in [0.15, 0.2) is 59.1 Å². The number of tetrazole rings is 1. The number of hydrogen-bond donors (Lipinski definition) is 2. The van der Waals surface area contributed by atoms with E-state index < -0.39 is 0 Å². The number of amides is 1. The summed E-state index contributed by atoms with van der Waals surface area (Å²) in [5.74, 6) is 1.32. The number of aromatic amines is 1. The molecule has 29 heavy (non-hydrogen) atoms. The molecule has 10 heteroatoms. The lowest BCUT2D eigenvalue weighted by Crippen LogP contribution is -2.13. The molecule has 8 nitrogen and oxygen atoms in total. The maximum atomic E-state index is 12.7. The highest BCUT2D eigenvalue weighted by Gasteiger charge is 2.16. The van der Waals surface area contributed by atoms with Gasteiger partial charge in [0, 0.05) is 39.9 Å². The first-order chi connectivity index (χ1) is 14.2. The van der Waals surface area contributed by atoms with Crippen molar-refractivity contribution >= 4 is 34.7 Å². The van der Waals surface area contributed by atoms with E-state index in [1.54, 1.807) is 29.5 Å². The van der Waals surface area contributed by atoms with Gasteiger partial charge >= 0.3 is 0 Å². The number of rotatable bonds is 7. The van der Waals surface area contributed by atoms with E-state index in [-0.39, 0.29) is 11.8 Å². The van der Waals surface area contributed by atoms with E-state index >= 15 is 0 Å². The molecule has 3 heterocycles. The zero-order chi connectivity index (χ0) is 20.1. The zero-order valence-corrected chi connectivity index (χ0v) is 17.1. The van der Waals surface area contributed by atoms with Crippen molar-refractivity contribution in [2.24, 2.45) is 0 Å². The third kappa shape index (κ3) is 4.66. The Kier molecular flexibility index (Phi) is 5.92. The van der Waals surface area contributed by atoms with Crippen LogP contribution in [0.3, 0.4) is 0 Å². The largest absolute Gasteiger partial charge is 0.320 e. The van der Waals surface area contributed by atoms with E-state index in [1.807, 2.05) is 43.3 Å². The number of aromatic nitrogens is 6. The Bertz CT molecular complexity index is 1080. The second-order valence-electron chi connectivity index (χ2n) is 6.21. The molecule has 0 saturated carbocycles. The number of nitrogens with one attached hydrogen (secondary N) is 2. The molecular formula is C19H17N7OS2. The van der Waals surface area contributed by atoms with Crippen molar-refractivity contribution in [3.05, 3.63) is 65.7 Å². The molecule has 0 fully saturated rings. The van der Waals surface area contributed by atoms with Gasteiger partial charge in [-0.05, 0) is 24.3 Å². The fourth-order valence-electron chi connectivity index (χ4n) is 2.55. The Balaban J connectivity index is 1.44. The van der Waals surface area contributed by atoms with E-state index in [0.29, 0.717) is 11.5 Å². The molecule has 0 bridgehead atoms. The minimum atomic E-state index is -0.235. The molecule has 1 aromatic carbocycles. The Morgan fingerprint density at radius 1 is 1.24 bits per heavy atom. The van der Waals surface area contributed by atoms with Crippen molar-refractivity contribution in [1.82, 2.24) is 30.6 Å². The van der Waals surface area contributed by atoms with Crippen molar-refractivity contribution < 1.29 is 4.79 Å². The van der Waals surface area contributed by atoms with Crippen LogP contribution in [0, 0.1) is 0 Å². The molecule has 146 valence electrons. The summed E-state index contributed by atoms with van der Waals surface area (Å²) in [6.07, 6.45) is 3.42. The lowest BCUT2D eigenvalue weighted by atomic mass is 10.2. The van der Waals surface area contributed by atoms with Crippen LogP contribution in [0.2, 0.25) is 0 Å². The minimum absolute atomic E-state index is 0.129. The summed E-state index contributed by atoms with van der Waals surface area (Å²) in [6.45, 7) is 2.04. The normalized spacial score (nSPS) is 11.9. The fourth-order valence-corrected chi connectivity index (χ4v) is 4.39. The SMILES string of the molecule is CC(CSc1ccccc1NC(=O)c1csc(-c2ccncc2)n1)c1nn[nH]n1. The van der Waals surface area contributed by atoms with Gasteiger partial charge in [0.1, 0.15) is 10.7 Å². The number of hydrogen-bond acceptors (Lipinski definition) is 8. The number of thioether (sulfide) groups is 1. The van der Waals surface area contributed by atoms with Crippen LogP contribution in [0.1, 0.15) is 29.2 Å². The van der Waals surface area contributed by atoms with E-state index in [0.717, 1.165) is 26.9 Å². The third-order valence-electron chi connectivity index (χ3n) is 4.09. The first-order valence-electron chi connectivity index (χ1n) is 8.83. The molecule has 0 aliphatic carbocycles. The molecule has 4 rings (SSSR count). The molecule has 0 aliphatic heterocycles. The number of nitrogens with zero attached hydrogens (tertiary/aromatic N) is 5. The molecule has 0 saturated heterocycles. The van der Waals surface area contributed by atoms with Crippen LogP contribution in [-0.2, 0) is 0 Å². The Morgan fingerprint density at radius 2 is 2.07 bits per heavy atom. The summed E-state index contributed by atoms with van der Waals surface area (Å²) in [5, 5.41) is 19.6. The van der Waals surface area contributed by atoms with Crippen molar-refractivity contribution in [3.63, 3.8) is 0 Å². The number of H-pyrrole nitrogens is 1. The van der Waals surface area contributed by atoms with Crippen LogP contribution in [0.4, 0.5) is 5.69 Å². The molecule has 4 aromatic rings. The summed E-state index contributed by atoms with van der Waals surface area (Å²) in [4.78, 5) is 22.2. The Hall–Kier alpha value is -3.11. The van der Waals surface area contributed by atoms with Gasteiger partial charge in [-0.2, -0.15) is 5.21 Å². The van der Waals surface area contributed by atoms with Gasteiger partial charge in [0.05, 0.1) is 5.69 Å². The van der Waals surface area contributed by atoms with E-state index in [1.165, 1.54) is 11.3 Å². The van der Waals surface area contributed by atoms with Gasteiger partial charge in [0.25, 0.3) is 5.91 Å². The summed E-state index contributed by atoms with van der Waals surface area (Å²) in [5.41, 5.74) is 2.08. The maximum Gasteiger partial charge on any atom is 0.275 e. The monoisotopic (exact) mass is 423 g/mol. The van der Waals surface area contributed by atoms with Crippen molar-refractivity contribution in [1.29, 1.82) is 0 Å². The highest BCUT2D eigenvalue weighted by Crippen LogP contribution is 2.31. The van der Waals surface area contributed by atoms with E-state index in [2.05, 4.69) is 35.9 Å². The second kappa shape index (κ2) is 8.93. The molecule has 0 radical (unpaired) electrons. The molecule has 1 atom stereocenters. The van der Waals surface area contributed by atoms with Gasteiger partial charge in [-0.15, -0.1) is 33.3 Å². The first kappa shape index (κ1) is 19.2. The van der Waals surface area contributed by atoms with Crippen molar-refractivity contribution in [3.8, 4) is 10.6 Å². The lowest BCUT2D eigenvalue weighted by molar-refractivity contribution is 0.102. The number of benzene rings is 1. The second-order valence-corrected chi connectivity index (χ2v) is 8.13. The zero-order valence-electron chi connectivity index (χ0n) is 15.4. The van der Waals surface area contributed by atoms with Crippen molar-refractivity contribution in [2.45, 2.75) is 17.7 Å². The van der Waals surface area contributed by atoms with Crippen LogP contribution in [0.5, 0.6) is 0 Å². The molecule has 3 aromatic heterocycles. The molecule has 0 spiro atoms. The average molecular weight is 424 g/mol. The van der Waals surface area contributed by atoms with Crippen molar-refractivity contribution in [2.75, 3.05) is 11.1 Å².